The zero-order valence-electron chi connectivity index (χ0n) is 9.35. The molecule has 0 bridgehead atoms. The fraction of sp³-hybridized carbons (Fsp3) is 1.00. The molecule has 0 aromatic rings. The van der Waals surface area contributed by atoms with E-state index in [-0.39, 0.29) is 13.2 Å². The van der Waals surface area contributed by atoms with Gasteiger partial charge in [0.1, 0.15) is 5.78 Å². The Morgan fingerprint density at radius 3 is 2.12 bits per heavy atom. The lowest BCUT2D eigenvalue weighted by atomic mass is 10.4. The Kier molecular flexibility index (Phi) is 6.56. The molecule has 0 aliphatic heterocycles. The minimum atomic E-state index is -4.62. The van der Waals surface area contributed by atoms with Gasteiger partial charge >= 0.3 is 13.8 Å². The quantitative estimate of drug-likeness (QED) is 0.306. The Morgan fingerprint density at radius 1 is 1.35 bits per heavy atom. The SMILES string of the molecule is CCOP(=O)(OCC)C(CC(F)(F)F)N=[N+]=[N-]. The van der Waals surface area contributed by atoms with Gasteiger partial charge in [0.15, 0.2) is 0 Å². The number of hydrogen-bond donors (Lipinski definition) is 0. The van der Waals surface area contributed by atoms with Crippen molar-refractivity contribution in [3.63, 3.8) is 0 Å². The van der Waals surface area contributed by atoms with E-state index in [1.807, 2.05) is 0 Å². The summed E-state index contributed by atoms with van der Waals surface area (Å²) < 4.78 is 58.0. The Morgan fingerprint density at radius 2 is 1.82 bits per heavy atom. The van der Waals surface area contributed by atoms with E-state index in [0.717, 1.165) is 0 Å². The molecule has 0 radical (unpaired) electrons. The van der Waals surface area contributed by atoms with Crippen LogP contribution in [0.25, 0.3) is 10.4 Å². The van der Waals surface area contributed by atoms with Crippen LogP contribution in [0.2, 0.25) is 0 Å². The van der Waals surface area contributed by atoms with Crippen molar-refractivity contribution in [3.8, 4) is 0 Å². The smallest absolute Gasteiger partial charge is 0.309 e. The Bertz CT molecular complexity index is 320. The van der Waals surface area contributed by atoms with Crippen molar-refractivity contribution in [1.82, 2.24) is 0 Å². The third-order valence-electron chi connectivity index (χ3n) is 1.58. The first-order valence-electron chi connectivity index (χ1n) is 4.78. The molecule has 1 atom stereocenters. The average molecular weight is 275 g/mol. The fourth-order valence-corrected chi connectivity index (χ4v) is 2.79. The molecule has 10 heteroatoms. The van der Waals surface area contributed by atoms with Crippen LogP contribution in [0.3, 0.4) is 0 Å². The summed E-state index contributed by atoms with van der Waals surface area (Å²) in [7, 11) is -4.08. The minimum Gasteiger partial charge on any atom is -0.309 e. The molecule has 0 aromatic heterocycles. The summed E-state index contributed by atoms with van der Waals surface area (Å²) >= 11 is 0. The van der Waals surface area contributed by atoms with Crippen LogP contribution in [0.1, 0.15) is 20.3 Å². The maximum atomic E-state index is 12.2. The number of alkyl halides is 3. The Balaban J connectivity index is 5.09. The molecule has 0 N–H and O–H groups in total. The van der Waals surface area contributed by atoms with Gasteiger partial charge in [-0.3, -0.25) is 4.57 Å². The van der Waals surface area contributed by atoms with E-state index in [4.69, 9.17) is 14.6 Å². The van der Waals surface area contributed by atoms with Gasteiger partial charge in [0.05, 0.1) is 19.6 Å². The van der Waals surface area contributed by atoms with Crippen molar-refractivity contribution in [2.24, 2.45) is 5.11 Å². The summed E-state index contributed by atoms with van der Waals surface area (Å²) in [6, 6.07) is 0. The third-order valence-corrected chi connectivity index (χ3v) is 3.83. The van der Waals surface area contributed by atoms with Gasteiger partial charge in [0, 0.05) is 4.91 Å². The van der Waals surface area contributed by atoms with Gasteiger partial charge in [0.25, 0.3) is 0 Å². The van der Waals surface area contributed by atoms with Gasteiger partial charge < -0.3 is 9.05 Å². The van der Waals surface area contributed by atoms with Crippen molar-refractivity contribution in [3.05, 3.63) is 10.4 Å². The Labute approximate surface area is 96.2 Å². The van der Waals surface area contributed by atoms with Crippen molar-refractivity contribution in [1.29, 1.82) is 0 Å². The fourth-order valence-electron chi connectivity index (χ4n) is 1.05. The first kappa shape index (κ1) is 16.2. The number of nitrogens with zero attached hydrogens (tertiary/aromatic N) is 3. The lowest BCUT2D eigenvalue weighted by Crippen LogP contribution is -2.20. The lowest BCUT2D eigenvalue weighted by molar-refractivity contribution is -0.135. The van der Waals surface area contributed by atoms with Gasteiger partial charge in [-0.25, -0.2) is 0 Å². The van der Waals surface area contributed by atoms with E-state index in [1.165, 1.54) is 13.8 Å². The van der Waals surface area contributed by atoms with E-state index in [9.17, 15) is 17.7 Å². The van der Waals surface area contributed by atoms with Crippen LogP contribution < -0.4 is 0 Å². The summed E-state index contributed by atoms with van der Waals surface area (Å²) in [6.07, 6.45) is -6.17. The highest BCUT2D eigenvalue weighted by Gasteiger charge is 2.43. The van der Waals surface area contributed by atoms with Crippen molar-refractivity contribution in [2.75, 3.05) is 13.2 Å². The highest BCUT2D eigenvalue weighted by molar-refractivity contribution is 7.54. The predicted molar refractivity (Wildman–Crippen MR) is 54.5 cm³/mol. The van der Waals surface area contributed by atoms with Crippen LogP contribution in [0.15, 0.2) is 5.11 Å². The molecule has 0 amide bonds. The van der Waals surface area contributed by atoms with Crippen LogP contribution in [-0.4, -0.2) is 25.2 Å². The number of hydrogen-bond acceptors (Lipinski definition) is 4. The van der Waals surface area contributed by atoms with Gasteiger partial charge in [-0.05, 0) is 19.4 Å². The largest absolute Gasteiger partial charge is 0.390 e. The standard InChI is InChI=1S/C7H13F3N3O3P/c1-3-15-17(14,16-4-2)6(12-13-11)5-7(8,9)10/h6H,3-5H2,1-2H3. The summed E-state index contributed by atoms with van der Waals surface area (Å²) in [5.74, 6) is -1.90. The highest BCUT2D eigenvalue weighted by Crippen LogP contribution is 2.56. The Hall–Kier alpha value is -0.750. The predicted octanol–water partition coefficient (Wildman–Crippen LogP) is 3.84. The van der Waals surface area contributed by atoms with Crippen LogP contribution >= 0.6 is 7.60 Å². The third kappa shape index (κ3) is 5.93. The first-order chi connectivity index (χ1) is 7.79. The molecule has 0 saturated heterocycles. The molecular formula is C7H13F3N3O3P. The molecule has 0 fully saturated rings. The summed E-state index contributed by atoms with van der Waals surface area (Å²) in [5, 5.41) is 2.87. The van der Waals surface area contributed by atoms with E-state index < -0.39 is 26.0 Å². The average Bonchev–Trinajstić information content (AvgIpc) is 2.16. The molecule has 0 heterocycles. The molecule has 0 aliphatic carbocycles. The second-order valence-corrected chi connectivity index (χ2v) is 5.07. The second-order valence-electron chi connectivity index (χ2n) is 2.88. The molecule has 0 aliphatic rings. The van der Waals surface area contributed by atoms with Gasteiger partial charge in [-0.15, -0.1) is 0 Å². The van der Waals surface area contributed by atoms with Crippen molar-refractivity contribution >= 4 is 7.60 Å². The van der Waals surface area contributed by atoms with E-state index in [0.29, 0.717) is 0 Å². The van der Waals surface area contributed by atoms with Gasteiger partial charge in [-0.1, -0.05) is 5.11 Å². The van der Waals surface area contributed by atoms with Crippen molar-refractivity contribution < 1.29 is 26.8 Å². The highest BCUT2D eigenvalue weighted by atomic mass is 31.2. The number of halogens is 3. The molecule has 100 valence electrons. The van der Waals surface area contributed by atoms with Crippen molar-refractivity contribution in [2.45, 2.75) is 32.2 Å². The molecular weight excluding hydrogens is 262 g/mol. The number of azide groups is 1. The van der Waals surface area contributed by atoms with E-state index in [1.54, 1.807) is 0 Å². The molecule has 17 heavy (non-hydrogen) atoms. The number of rotatable bonds is 7. The summed E-state index contributed by atoms with van der Waals surface area (Å²) in [4.78, 5) is 2.24. The zero-order valence-corrected chi connectivity index (χ0v) is 10.2. The van der Waals surface area contributed by atoms with Crippen LogP contribution in [-0.2, 0) is 13.6 Å². The maximum absolute atomic E-state index is 12.2. The topological polar surface area (TPSA) is 84.3 Å². The zero-order chi connectivity index (χ0) is 13.5. The van der Waals surface area contributed by atoms with Crippen LogP contribution in [0.5, 0.6) is 0 Å². The minimum absolute atomic E-state index is 0.105. The molecule has 0 aromatic carbocycles. The lowest BCUT2D eigenvalue weighted by Gasteiger charge is -2.23. The molecule has 6 nitrogen and oxygen atoms in total. The maximum Gasteiger partial charge on any atom is 0.390 e. The van der Waals surface area contributed by atoms with Gasteiger partial charge in [0.2, 0.25) is 0 Å². The monoisotopic (exact) mass is 275 g/mol. The first-order valence-corrected chi connectivity index (χ1v) is 6.40. The summed E-state index contributed by atoms with van der Waals surface area (Å²) in [6.45, 7) is 2.69. The van der Waals surface area contributed by atoms with Gasteiger partial charge in [-0.2, -0.15) is 13.2 Å². The second kappa shape index (κ2) is 6.86. The van der Waals surface area contributed by atoms with E-state index >= 15 is 0 Å². The molecule has 0 saturated carbocycles. The van der Waals surface area contributed by atoms with Crippen LogP contribution in [0, 0.1) is 0 Å². The molecule has 0 spiro atoms. The van der Waals surface area contributed by atoms with E-state index in [2.05, 4.69) is 10.0 Å². The summed E-state index contributed by atoms with van der Waals surface area (Å²) in [5.41, 5.74) is 8.19. The molecule has 0 rings (SSSR count). The normalized spacial score (nSPS) is 14.2. The van der Waals surface area contributed by atoms with Crippen LogP contribution in [0.4, 0.5) is 13.2 Å². The molecule has 1 unspecified atom stereocenters.